The van der Waals surface area contributed by atoms with Gasteiger partial charge in [0.1, 0.15) is 11.7 Å². The van der Waals surface area contributed by atoms with Crippen LogP contribution >= 0.6 is 0 Å². The Balaban J connectivity index is 2.88. The first-order valence-corrected chi connectivity index (χ1v) is 6.36. The van der Waals surface area contributed by atoms with Gasteiger partial charge in [0.2, 0.25) is 0 Å². The maximum atomic E-state index is 11.8. The van der Waals surface area contributed by atoms with Crippen LogP contribution in [0.4, 0.5) is 0 Å². The summed E-state index contributed by atoms with van der Waals surface area (Å²) in [5, 5.41) is 9.07. The quantitative estimate of drug-likeness (QED) is 0.587. The van der Waals surface area contributed by atoms with Gasteiger partial charge in [-0.05, 0) is 38.5 Å². The number of nitrogens with zero attached hydrogens (tertiary/aromatic N) is 1. The fourth-order valence-electron chi connectivity index (χ4n) is 1.62. The van der Waals surface area contributed by atoms with Crippen molar-refractivity contribution < 1.29 is 19.1 Å². The second kappa shape index (κ2) is 7.29. The zero-order chi connectivity index (χ0) is 15.1. The summed E-state index contributed by atoms with van der Waals surface area (Å²) in [6, 6.07) is 8.36. The lowest BCUT2D eigenvalue weighted by Gasteiger charge is -2.11. The summed E-state index contributed by atoms with van der Waals surface area (Å²) in [6.45, 7) is 5.50. The summed E-state index contributed by atoms with van der Waals surface area (Å²) in [6.07, 6.45) is 0.0359. The minimum absolute atomic E-state index is 0.0359. The van der Waals surface area contributed by atoms with Crippen molar-refractivity contribution in [1.82, 2.24) is 0 Å². The molecule has 0 aliphatic rings. The van der Waals surface area contributed by atoms with E-state index in [4.69, 9.17) is 10.00 Å². The van der Waals surface area contributed by atoms with E-state index in [0.717, 1.165) is 0 Å². The molecule has 0 aliphatic carbocycles. The molecule has 0 spiro atoms. The Bertz CT molecular complexity index is 514. The number of hydrogen-bond donors (Lipinski definition) is 0. The van der Waals surface area contributed by atoms with Crippen LogP contribution in [0, 0.1) is 11.3 Å². The Hall–Kier alpha value is -2.35. The molecule has 0 radical (unpaired) electrons. The Labute approximate surface area is 118 Å². The van der Waals surface area contributed by atoms with Gasteiger partial charge in [-0.15, -0.1) is 0 Å². The van der Waals surface area contributed by atoms with Crippen LogP contribution in [0.3, 0.4) is 0 Å². The minimum Gasteiger partial charge on any atom is -0.491 e. The van der Waals surface area contributed by atoms with Crippen LogP contribution in [-0.4, -0.2) is 24.5 Å². The molecular formula is C15H17NO4. The highest BCUT2D eigenvalue weighted by Gasteiger charge is 2.27. The molecule has 1 atom stereocenters. The molecule has 0 aromatic heterocycles. The molecule has 0 N–H and O–H groups in total. The van der Waals surface area contributed by atoms with E-state index < -0.39 is 17.7 Å². The summed E-state index contributed by atoms with van der Waals surface area (Å²) in [7, 11) is 0. The van der Waals surface area contributed by atoms with Gasteiger partial charge in [-0.2, -0.15) is 5.26 Å². The summed E-state index contributed by atoms with van der Waals surface area (Å²) in [5.74, 6) is -2.35. The molecule has 0 heterocycles. The lowest BCUT2D eigenvalue weighted by atomic mass is 9.96. The first-order valence-electron chi connectivity index (χ1n) is 6.36. The first-order chi connectivity index (χ1) is 9.49. The second-order valence-electron chi connectivity index (χ2n) is 4.38. The van der Waals surface area contributed by atoms with Gasteiger partial charge in [0.25, 0.3) is 5.78 Å². The largest absolute Gasteiger partial charge is 0.491 e. The number of ether oxygens (including phenoxy) is 2. The molecule has 1 aromatic carbocycles. The van der Waals surface area contributed by atoms with E-state index in [-0.39, 0.29) is 12.7 Å². The lowest BCUT2D eigenvalue weighted by molar-refractivity contribution is -0.153. The minimum atomic E-state index is -1.15. The molecule has 5 nitrogen and oxygen atoms in total. The monoisotopic (exact) mass is 275 g/mol. The van der Waals surface area contributed by atoms with Crippen molar-refractivity contribution in [2.24, 2.45) is 0 Å². The smallest absolute Gasteiger partial charge is 0.376 e. The highest BCUT2D eigenvalue weighted by atomic mass is 16.5. The maximum absolute atomic E-state index is 11.8. The molecule has 106 valence electrons. The molecule has 0 saturated heterocycles. The molecule has 0 saturated carbocycles. The Morgan fingerprint density at radius 1 is 1.25 bits per heavy atom. The number of carbonyl (C=O) groups excluding carboxylic acids is 2. The zero-order valence-corrected chi connectivity index (χ0v) is 11.8. The molecule has 1 rings (SSSR count). The van der Waals surface area contributed by atoms with E-state index in [1.165, 1.54) is 0 Å². The zero-order valence-electron chi connectivity index (χ0n) is 11.8. The van der Waals surface area contributed by atoms with E-state index in [1.807, 2.05) is 19.9 Å². The highest BCUT2D eigenvalue weighted by Crippen LogP contribution is 2.21. The van der Waals surface area contributed by atoms with Crippen LogP contribution < -0.4 is 4.74 Å². The molecule has 0 bridgehead atoms. The van der Waals surface area contributed by atoms with Gasteiger partial charge in [-0.3, -0.25) is 4.79 Å². The third kappa shape index (κ3) is 4.09. The van der Waals surface area contributed by atoms with Gasteiger partial charge in [-0.1, -0.05) is 12.1 Å². The fraction of sp³-hybridized carbons (Fsp3) is 0.400. The van der Waals surface area contributed by atoms with Crippen molar-refractivity contribution in [3.8, 4) is 11.8 Å². The summed E-state index contributed by atoms with van der Waals surface area (Å²) >= 11 is 0. The van der Waals surface area contributed by atoms with Gasteiger partial charge in [0, 0.05) is 0 Å². The number of Topliss-reactive ketones (excluding diaryl/α,β-unsaturated/α-hetero) is 1. The lowest BCUT2D eigenvalue weighted by Crippen LogP contribution is -2.23. The summed E-state index contributed by atoms with van der Waals surface area (Å²) in [4.78, 5) is 23.2. The van der Waals surface area contributed by atoms with Crippen LogP contribution in [0.15, 0.2) is 24.3 Å². The van der Waals surface area contributed by atoms with E-state index >= 15 is 0 Å². The van der Waals surface area contributed by atoms with Crippen molar-refractivity contribution in [3.05, 3.63) is 29.8 Å². The van der Waals surface area contributed by atoms with Gasteiger partial charge in [0.15, 0.2) is 0 Å². The van der Waals surface area contributed by atoms with Crippen LogP contribution in [0.25, 0.3) is 0 Å². The number of nitriles is 1. The normalized spacial score (nSPS) is 11.6. The standard InChI is InChI=1S/C15H17NO4/c1-4-19-15(18)14(17)13(9-16)11-5-7-12(8-6-11)20-10(2)3/h5-8,10,13H,4H2,1-3H3/t13-/m1/s1. The molecular weight excluding hydrogens is 258 g/mol. The number of esters is 1. The van der Waals surface area contributed by atoms with Crippen molar-refractivity contribution >= 4 is 11.8 Å². The molecule has 20 heavy (non-hydrogen) atoms. The number of rotatable bonds is 6. The summed E-state index contributed by atoms with van der Waals surface area (Å²) < 4.78 is 10.1. The third-order valence-corrected chi connectivity index (χ3v) is 2.45. The van der Waals surface area contributed by atoms with Crippen LogP contribution in [0.2, 0.25) is 0 Å². The molecule has 5 heteroatoms. The van der Waals surface area contributed by atoms with Gasteiger partial charge in [-0.25, -0.2) is 4.79 Å². The van der Waals surface area contributed by atoms with Crippen LogP contribution in [-0.2, 0) is 14.3 Å². The molecule has 0 amide bonds. The average Bonchev–Trinajstić information content (AvgIpc) is 2.41. The van der Waals surface area contributed by atoms with E-state index in [9.17, 15) is 9.59 Å². The third-order valence-electron chi connectivity index (χ3n) is 2.45. The molecule has 0 fully saturated rings. The molecule has 0 unspecified atom stereocenters. The first kappa shape index (κ1) is 15.7. The SMILES string of the molecule is CCOC(=O)C(=O)[C@H](C#N)c1ccc(OC(C)C)cc1. The van der Waals surface area contributed by atoms with E-state index in [0.29, 0.717) is 11.3 Å². The number of carbonyl (C=O) groups is 2. The summed E-state index contributed by atoms with van der Waals surface area (Å²) in [5.41, 5.74) is 0.446. The second-order valence-corrected chi connectivity index (χ2v) is 4.38. The van der Waals surface area contributed by atoms with Crippen molar-refractivity contribution in [3.63, 3.8) is 0 Å². The van der Waals surface area contributed by atoms with E-state index in [2.05, 4.69) is 4.74 Å². The predicted molar refractivity (Wildman–Crippen MR) is 72.2 cm³/mol. The van der Waals surface area contributed by atoms with Crippen molar-refractivity contribution in [1.29, 1.82) is 5.26 Å². The highest BCUT2D eigenvalue weighted by molar-refractivity contribution is 6.36. The van der Waals surface area contributed by atoms with Crippen molar-refractivity contribution in [2.75, 3.05) is 6.61 Å². The van der Waals surface area contributed by atoms with E-state index in [1.54, 1.807) is 31.2 Å². The van der Waals surface area contributed by atoms with Gasteiger partial charge in [0.05, 0.1) is 18.8 Å². The number of benzene rings is 1. The number of ketones is 1. The maximum Gasteiger partial charge on any atom is 0.376 e. The number of hydrogen-bond acceptors (Lipinski definition) is 5. The predicted octanol–water partition coefficient (Wildman–Crippen LogP) is 2.21. The molecule has 0 aliphatic heterocycles. The van der Waals surface area contributed by atoms with Gasteiger partial charge >= 0.3 is 5.97 Å². The topological polar surface area (TPSA) is 76.4 Å². The fourth-order valence-corrected chi connectivity index (χ4v) is 1.62. The van der Waals surface area contributed by atoms with Gasteiger partial charge < -0.3 is 9.47 Å². The average molecular weight is 275 g/mol. The molecule has 1 aromatic rings. The van der Waals surface area contributed by atoms with Crippen LogP contribution in [0.1, 0.15) is 32.3 Å². The Kier molecular flexibility index (Phi) is 5.73. The Morgan fingerprint density at radius 3 is 2.30 bits per heavy atom. The Morgan fingerprint density at radius 2 is 1.85 bits per heavy atom. The van der Waals surface area contributed by atoms with Crippen LogP contribution in [0.5, 0.6) is 5.75 Å². The van der Waals surface area contributed by atoms with Crippen molar-refractivity contribution in [2.45, 2.75) is 32.8 Å².